The number of hydrogen-bond donors (Lipinski definition) is 1. The third kappa shape index (κ3) is 2.95. The molecule has 6 nitrogen and oxygen atoms in total. The Balaban J connectivity index is 1.66. The number of nitrogen functional groups attached to an aromatic ring is 1. The molecule has 2 N–H and O–H groups in total. The van der Waals surface area contributed by atoms with E-state index in [1.165, 1.54) is 0 Å². The van der Waals surface area contributed by atoms with Crippen molar-refractivity contribution in [1.29, 1.82) is 0 Å². The quantitative estimate of drug-likeness (QED) is 0.684. The van der Waals surface area contributed by atoms with Crippen LogP contribution in [0.4, 0.5) is 5.82 Å². The lowest BCUT2D eigenvalue weighted by Gasteiger charge is -2.05. The second kappa shape index (κ2) is 6.45. The van der Waals surface area contributed by atoms with Gasteiger partial charge in [0.1, 0.15) is 17.3 Å². The zero-order valence-corrected chi connectivity index (χ0v) is 14.3. The summed E-state index contributed by atoms with van der Waals surface area (Å²) in [5, 5.41) is 0.848. The summed E-state index contributed by atoms with van der Waals surface area (Å²) in [4.78, 5) is 26.7. The van der Waals surface area contributed by atoms with Crippen LogP contribution < -0.4 is 5.73 Å². The van der Waals surface area contributed by atoms with E-state index < -0.39 is 0 Å². The van der Waals surface area contributed by atoms with Gasteiger partial charge >= 0.3 is 0 Å². The third-order valence-electron chi connectivity index (χ3n) is 4.47. The highest BCUT2D eigenvalue weighted by Crippen LogP contribution is 2.22. The zero-order chi connectivity index (χ0) is 18.1. The summed E-state index contributed by atoms with van der Waals surface area (Å²) < 4.78 is 0. The van der Waals surface area contributed by atoms with Gasteiger partial charge in [0.25, 0.3) is 0 Å². The first-order chi connectivity index (χ1) is 12.6. The van der Waals surface area contributed by atoms with E-state index in [1.54, 1.807) is 17.3 Å². The number of likely N-dealkylation sites (tertiary alicyclic amines) is 1. The Morgan fingerprint density at radius 1 is 1.27 bits per heavy atom. The molecule has 1 amide bonds. The second-order valence-corrected chi connectivity index (χ2v) is 6.28. The van der Waals surface area contributed by atoms with Gasteiger partial charge in [-0.15, -0.1) is 0 Å². The summed E-state index contributed by atoms with van der Waals surface area (Å²) in [6.45, 7) is 0.763. The van der Waals surface area contributed by atoms with Crippen molar-refractivity contribution in [3.63, 3.8) is 0 Å². The van der Waals surface area contributed by atoms with Crippen LogP contribution >= 0.6 is 0 Å². The highest BCUT2D eigenvalue weighted by molar-refractivity contribution is 5.87. The van der Waals surface area contributed by atoms with Crippen molar-refractivity contribution < 1.29 is 4.79 Å². The molecule has 1 saturated heterocycles. The van der Waals surface area contributed by atoms with Gasteiger partial charge in [-0.2, -0.15) is 0 Å². The third-order valence-corrected chi connectivity index (χ3v) is 4.47. The second-order valence-electron chi connectivity index (χ2n) is 6.28. The molecule has 1 aliphatic rings. The van der Waals surface area contributed by atoms with Crippen LogP contribution in [0.25, 0.3) is 22.3 Å². The molecule has 1 fully saturated rings. The summed E-state index contributed by atoms with van der Waals surface area (Å²) >= 11 is 0. The van der Waals surface area contributed by atoms with Crippen LogP contribution in [0, 0.1) is 17.8 Å². The number of amides is 1. The van der Waals surface area contributed by atoms with Crippen LogP contribution in [0.3, 0.4) is 0 Å². The number of benzene rings is 1. The summed E-state index contributed by atoms with van der Waals surface area (Å²) in [5.74, 6) is 7.01. The average molecular weight is 343 g/mol. The largest absolute Gasteiger partial charge is 0.382 e. The minimum atomic E-state index is -0.216. The van der Waals surface area contributed by atoms with E-state index in [9.17, 15) is 4.79 Å². The number of aromatic nitrogens is 3. The fourth-order valence-corrected chi connectivity index (χ4v) is 2.98. The van der Waals surface area contributed by atoms with Crippen molar-refractivity contribution >= 4 is 22.6 Å². The molecule has 26 heavy (non-hydrogen) atoms. The van der Waals surface area contributed by atoms with Crippen LogP contribution in [0.2, 0.25) is 0 Å². The Morgan fingerprint density at radius 2 is 2.15 bits per heavy atom. The molecule has 1 aliphatic heterocycles. The molecule has 0 aliphatic carbocycles. The molecule has 1 atom stereocenters. The number of anilines is 1. The topological polar surface area (TPSA) is 85.0 Å². The van der Waals surface area contributed by atoms with Crippen LogP contribution in [0.5, 0.6) is 0 Å². The van der Waals surface area contributed by atoms with Gasteiger partial charge in [-0.05, 0) is 24.6 Å². The molecule has 3 heterocycles. The van der Waals surface area contributed by atoms with Gasteiger partial charge in [0, 0.05) is 42.5 Å². The molecule has 0 bridgehead atoms. The number of rotatable bonds is 1. The molecule has 0 spiro atoms. The molecule has 2 aromatic heterocycles. The standard InChI is InChI=1S/C20H17N5O/c1-25-10-8-14(20(25)26)6-5-13-3-2-4-15(11-13)19-23-12-16-7-9-22-18(21)17(16)24-19/h2-4,7,9,11-12,14H,8,10H2,1H3,(H2,21,22)/t14-/m0/s1. The maximum Gasteiger partial charge on any atom is 0.237 e. The molecule has 1 aromatic carbocycles. The van der Waals surface area contributed by atoms with E-state index in [1.807, 2.05) is 37.4 Å². The number of pyridine rings is 1. The maximum atomic E-state index is 12.0. The van der Waals surface area contributed by atoms with Gasteiger partial charge in [-0.25, -0.2) is 15.0 Å². The van der Waals surface area contributed by atoms with Crippen molar-refractivity contribution in [2.45, 2.75) is 6.42 Å². The average Bonchev–Trinajstić information content (AvgIpc) is 2.99. The van der Waals surface area contributed by atoms with Crippen LogP contribution in [0.15, 0.2) is 42.7 Å². The molecular formula is C20H17N5O. The fraction of sp³-hybridized carbons (Fsp3) is 0.200. The van der Waals surface area contributed by atoms with Gasteiger partial charge in [0.2, 0.25) is 5.91 Å². The van der Waals surface area contributed by atoms with Gasteiger partial charge in [-0.3, -0.25) is 4.79 Å². The zero-order valence-electron chi connectivity index (χ0n) is 14.3. The number of hydrogen-bond acceptors (Lipinski definition) is 5. The molecule has 0 unspecified atom stereocenters. The summed E-state index contributed by atoms with van der Waals surface area (Å²) in [6, 6.07) is 9.49. The smallest absolute Gasteiger partial charge is 0.237 e. The first-order valence-corrected chi connectivity index (χ1v) is 8.36. The summed E-state index contributed by atoms with van der Waals surface area (Å²) in [6.07, 6.45) is 4.15. The first kappa shape index (κ1) is 16.0. The Kier molecular flexibility index (Phi) is 3.98. The minimum Gasteiger partial charge on any atom is -0.382 e. The Labute approximate surface area is 151 Å². The fourth-order valence-electron chi connectivity index (χ4n) is 2.98. The monoisotopic (exact) mass is 343 g/mol. The Bertz CT molecular complexity index is 1070. The van der Waals surface area contributed by atoms with Gasteiger partial charge in [0.15, 0.2) is 5.82 Å². The van der Waals surface area contributed by atoms with E-state index in [-0.39, 0.29) is 11.8 Å². The molecule has 6 heteroatoms. The van der Waals surface area contributed by atoms with E-state index in [0.717, 1.165) is 29.5 Å². The SMILES string of the molecule is CN1CC[C@H](C#Cc2cccc(-c3ncc4ccnc(N)c4n3)c2)C1=O. The van der Waals surface area contributed by atoms with Crippen molar-refractivity contribution in [3.8, 4) is 23.2 Å². The Morgan fingerprint density at radius 3 is 2.96 bits per heavy atom. The lowest BCUT2D eigenvalue weighted by Crippen LogP contribution is -2.21. The highest BCUT2D eigenvalue weighted by Gasteiger charge is 2.27. The normalized spacial score (nSPS) is 16.6. The molecule has 0 radical (unpaired) electrons. The van der Waals surface area contributed by atoms with Crippen LogP contribution in [0.1, 0.15) is 12.0 Å². The van der Waals surface area contributed by atoms with E-state index in [0.29, 0.717) is 17.2 Å². The van der Waals surface area contributed by atoms with Crippen LogP contribution in [-0.4, -0.2) is 39.4 Å². The lowest BCUT2D eigenvalue weighted by atomic mass is 10.1. The number of carbonyl (C=O) groups is 1. The van der Waals surface area contributed by atoms with E-state index in [2.05, 4.69) is 26.8 Å². The van der Waals surface area contributed by atoms with E-state index in [4.69, 9.17) is 5.73 Å². The van der Waals surface area contributed by atoms with Gasteiger partial charge in [-0.1, -0.05) is 24.0 Å². The molecule has 4 rings (SSSR count). The van der Waals surface area contributed by atoms with Crippen molar-refractivity contribution in [3.05, 3.63) is 48.3 Å². The number of nitrogens with zero attached hydrogens (tertiary/aromatic N) is 4. The van der Waals surface area contributed by atoms with Crippen molar-refractivity contribution in [2.75, 3.05) is 19.3 Å². The summed E-state index contributed by atoms with van der Waals surface area (Å²) in [7, 11) is 1.81. The Hall–Kier alpha value is -3.46. The van der Waals surface area contributed by atoms with Gasteiger partial charge < -0.3 is 10.6 Å². The van der Waals surface area contributed by atoms with Gasteiger partial charge in [0.05, 0.1) is 0 Å². The molecule has 0 saturated carbocycles. The highest BCUT2D eigenvalue weighted by atomic mass is 16.2. The predicted octanol–water partition coefficient (Wildman–Crippen LogP) is 2.10. The lowest BCUT2D eigenvalue weighted by molar-refractivity contribution is -0.128. The maximum absolute atomic E-state index is 12.0. The van der Waals surface area contributed by atoms with Crippen molar-refractivity contribution in [2.24, 2.45) is 5.92 Å². The molecular weight excluding hydrogens is 326 g/mol. The number of fused-ring (bicyclic) bond motifs is 1. The minimum absolute atomic E-state index is 0.0921. The first-order valence-electron chi connectivity index (χ1n) is 8.36. The molecule has 3 aromatic rings. The van der Waals surface area contributed by atoms with Crippen LogP contribution in [-0.2, 0) is 4.79 Å². The van der Waals surface area contributed by atoms with Crippen molar-refractivity contribution in [1.82, 2.24) is 19.9 Å². The van der Waals surface area contributed by atoms with E-state index >= 15 is 0 Å². The predicted molar refractivity (Wildman–Crippen MR) is 99.8 cm³/mol. The number of nitrogens with two attached hydrogens (primary N) is 1. The number of carbonyl (C=O) groups excluding carboxylic acids is 1. The molecule has 128 valence electrons. The summed E-state index contributed by atoms with van der Waals surface area (Å²) in [5.41, 5.74) is 8.22.